The van der Waals surface area contributed by atoms with Crippen LogP contribution in [-0.2, 0) is 6.54 Å². The first-order valence-electron chi connectivity index (χ1n) is 6.61. The van der Waals surface area contributed by atoms with Crippen LogP contribution in [0.25, 0.3) is 0 Å². The summed E-state index contributed by atoms with van der Waals surface area (Å²) in [6.45, 7) is 1.86. The van der Waals surface area contributed by atoms with Gasteiger partial charge in [0.1, 0.15) is 5.69 Å². The Hall–Kier alpha value is -0.910. The largest absolute Gasteiger partial charge is 0.329 e. The molecule has 0 aliphatic heterocycles. The maximum Gasteiger partial charge on any atom is 0.189 e. The molecule has 0 unspecified atom stereocenters. The van der Waals surface area contributed by atoms with E-state index >= 15 is 0 Å². The van der Waals surface area contributed by atoms with Crippen molar-refractivity contribution in [3.63, 3.8) is 0 Å². The van der Waals surface area contributed by atoms with Crippen LogP contribution in [0.4, 0.5) is 0 Å². The fourth-order valence-electron chi connectivity index (χ4n) is 2.43. The van der Waals surface area contributed by atoms with Crippen molar-refractivity contribution in [3.05, 3.63) is 16.9 Å². The molecule has 1 aliphatic rings. The molecule has 1 saturated carbocycles. The highest BCUT2D eigenvalue weighted by molar-refractivity contribution is 6.33. The van der Waals surface area contributed by atoms with E-state index in [0.717, 1.165) is 25.8 Å². The van der Waals surface area contributed by atoms with Crippen molar-refractivity contribution in [1.82, 2.24) is 14.7 Å². The maximum atomic E-state index is 12.7. The fourth-order valence-corrected chi connectivity index (χ4v) is 2.66. The summed E-state index contributed by atoms with van der Waals surface area (Å²) >= 11 is 6.14. The molecule has 1 heterocycles. The number of aromatic nitrogens is 2. The van der Waals surface area contributed by atoms with Crippen molar-refractivity contribution >= 4 is 17.4 Å². The zero-order valence-corrected chi connectivity index (χ0v) is 12.3. The molecule has 0 saturated heterocycles. The summed E-state index contributed by atoms with van der Waals surface area (Å²) in [7, 11) is 3.97. The van der Waals surface area contributed by atoms with Gasteiger partial charge in [-0.15, -0.1) is 0 Å². The summed E-state index contributed by atoms with van der Waals surface area (Å²) < 4.78 is 1.71. The Balaban J connectivity index is 2.23. The summed E-state index contributed by atoms with van der Waals surface area (Å²) in [6.07, 6.45) is 4.33. The Morgan fingerprint density at radius 1 is 1.58 bits per heavy atom. The number of likely N-dealkylation sites (N-methyl/N-ethyl adjacent to an activating group) is 1. The van der Waals surface area contributed by atoms with Gasteiger partial charge in [0.15, 0.2) is 5.78 Å². The van der Waals surface area contributed by atoms with E-state index in [2.05, 4.69) is 5.10 Å². The van der Waals surface area contributed by atoms with Crippen molar-refractivity contribution in [3.8, 4) is 0 Å². The second-order valence-electron chi connectivity index (χ2n) is 5.53. The number of Topliss-reactive ketones (excluding diaryl/α,β-unsaturated/α-hetero) is 1. The van der Waals surface area contributed by atoms with E-state index in [4.69, 9.17) is 17.3 Å². The molecule has 5 nitrogen and oxygen atoms in total. The summed E-state index contributed by atoms with van der Waals surface area (Å²) in [5.41, 5.74) is 5.92. The van der Waals surface area contributed by atoms with E-state index in [9.17, 15) is 4.79 Å². The van der Waals surface area contributed by atoms with Crippen LogP contribution in [-0.4, -0.2) is 47.6 Å². The molecule has 6 heteroatoms. The number of carbonyl (C=O) groups excluding carboxylic acids is 1. The third-order valence-electron chi connectivity index (χ3n) is 3.95. The molecule has 106 valence electrons. The van der Waals surface area contributed by atoms with E-state index in [1.54, 1.807) is 10.9 Å². The van der Waals surface area contributed by atoms with E-state index in [0.29, 0.717) is 23.8 Å². The minimum atomic E-state index is -0.403. The van der Waals surface area contributed by atoms with Gasteiger partial charge in [0.25, 0.3) is 0 Å². The Morgan fingerprint density at radius 2 is 2.26 bits per heavy atom. The molecule has 0 radical (unpaired) electrons. The van der Waals surface area contributed by atoms with Crippen LogP contribution in [0.3, 0.4) is 0 Å². The monoisotopic (exact) mass is 284 g/mol. The van der Waals surface area contributed by atoms with Gasteiger partial charge in [0.2, 0.25) is 0 Å². The molecule has 1 aromatic heterocycles. The van der Waals surface area contributed by atoms with Crippen LogP contribution in [0, 0.1) is 5.41 Å². The molecule has 0 atom stereocenters. The average Bonchev–Trinajstić information content (AvgIpc) is 2.67. The number of hydrogen-bond donors (Lipinski definition) is 1. The molecule has 0 bridgehead atoms. The van der Waals surface area contributed by atoms with Crippen LogP contribution in [0.15, 0.2) is 6.20 Å². The molecule has 0 spiro atoms. The lowest BCUT2D eigenvalue weighted by molar-refractivity contribution is 0.0623. The molecule has 2 rings (SSSR count). The van der Waals surface area contributed by atoms with Gasteiger partial charge in [-0.3, -0.25) is 9.48 Å². The molecule has 1 aliphatic carbocycles. The first kappa shape index (κ1) is 14.5. The molecule has 0 amide bonds. The van der Waals surface area contributed by atoms with Crippen molar-refractivity contribution < 1.29 is 4.79 Å². The van der Waals surface area contributed by atoms with Gasteiger partial charge in [-0.2, -0.15) is 5.10 Å². The fraction of sp³-hybridized carbons (Fsp3) is 0.692. The highest BCUT2D eigenvalue weighted by Gasteiger charge is 2.45. The SMILES string of the molecule is CN(C)CCn1ncc(Cl)c1C(=O)C1(CN)CCC1. The summed E-state index contributed by atoms with van der Waals surface area (Å²) in [5.74, 6) is 0.0579. The average molecular weight is 285 g/mol. The van der Waals surface area contributed by atoms with E-state index in [1.165, 1.54) is 0 Å². The molecule has 1 fully saturated rings. The smallest absolute Gasteiger partial charge is 0.189 e. The Labute approximate surface area is 118 Å². The van der Waals surface area contributed by atoms with Crippen molar-refractivity contribution in [1.29, 1.82) is 0 Å². The van der Waals surface area contributed by atoms with Crippen molar-refractivity contribution in [2.24, 2.45) is 11.1 Å². The van der Waals surface area contributed by atoms with Gasteiger partial charge in [0.05, 0.1) is 17.8 Å². The lowest BCUT2D eigenvalue weighted by Gasteiger charge is -2.39. The third-order valence-corrected chi connectivity index (χ3v) is 4.23. The van der Waals surface area contributed by atoms with E-state index in [1.807, 2.05) is 19.0 Å². The summed E-state index contributed by atoms with van der Waals surface area (Å²) in [5, 5.41) is 4.65. The number of carbonyl (C=O) groups is 1. The number of hydrogen-bond acceptors (Lipinski definition) is 4. The number of nitrogens with two attached hydrogens (primary N) is 1. The maximum absolute atomic E-state index is 12.7. The van der Waals surface area contributed by atoms with E-state index in [-0.39, 0.29) is 5.78 Å². The van der Waals surface area contributed by atoms with Crippen LogP contribution in [0.1, 0.15) is 29.8 Å². The van der Waals surface area contributed by atoms with Gasteiger partial charge < -0.3 is 10.6 Å². The van der Waals surface area contributed by atoms with Gasteiger partial charge in [-0.25, -0.2) is 0 Å². The zero-order valence-electron chi connectivity index (χ0n) is 11.5. The second-order valence-corrected chi connectivity index (χ2v) is 5.94. The van der Waals surface area contributed by atoms with Gasteiger partial charge >= 0.3 is 0 Å². The lowest BCUT2D eigenvalue weighted by Crippen LogP contribution is -2.45. The second kappa shape index (κ2) is 5.61. The van der Waals surface area contributed by atoms with Crippen molar-refractivity contribution in [2.45, 2.75) is 25.8 Å². The Kier molecular flexibility index (Phi) is 4.28. The molecule has 1 aromatic rings. The van der Waals surface area contributed by atoms with Crippen LogP contribution in [0.5, 0.6) is 0 Å². The van der Waals surface area contributed by atoms with Gasteiger partial charge in [0, 0.05) is 18.5 Å². The minimum Gasteiger partial charge on any atom is -0.329 e. The molecular formula is C13H21ClN4O. The van der Waals surface area contributed by atoms with Gasteiger partial charge in [-0.05, 0) is 26.9 Å². The zero-order chi connectivity index (χ0) is 14.0. The topological polar surface area (TPSA) is 64.2 Å². The van der Waals surface area contributed by atoms with Gasteiger partial charge in [-0.1, -0.05) is 18.0 Å². The molecule has 19 heavy (non-hydrogen) atoms. The number of rotatable bonds is 6. The lowest BCUT2D eigenvalue weighted by atomic mass is 9.65. The highest BCUT2D eigenvalue weighted by atomic mass is 35.5. The number of halogens is 1. The third kappa shape index (κ3) is 2.68. The minimum absolute atomic E-state index is 0.0579. The van der Waals surface area contributed by atoms with Crippen LogP contribution in [0.2, 0.25) is 5.02 Å². The normalized spacial score (nSPS) is 17.5. The van der Waals surface area contributed by atoms with Crippen molar-refractivity contribution in [2.75, 3.05) is 27.2 Å². The van der Waals surface area contributed by atoms with Crippen LogP contribution >= 0.6 is 11.6 Å². The van der Waals surface area contributed by atoms with Crippen LogP contribution < -0.4 is 5.73 Å². The highest BCUT2D eigenvalue weighted by Crippen LogP contribution is 2.43. The first-order valence-corrected chi connectivity index (χ1v) is 6.99. The molecule has 2 N–H and O–H groups in total. The molecule has 0 aromatic carbocycles. The summed E-state index contributed by atoms with van der Waals surface area (Å²) in [4.78, 5) is 14.7. The molecular weight excluding hydrogens is 264 g/mol. The van der Waals surface area contributed by atoms with E-state index < -0.39 is 5.41 Å². The summed E-state index contributed by atoms with van der Waals surface area (Å²) in [6, 6.07) is 0. The Bertz CT molecular complexity index is 460. The predicted molar refractivity (Wildman–Crippen MR) is 75.5 cm³/mol. The predicted octanol–water partition coefficient (Wildman–Crippen LogP) is 1.41. The first-order chi connectivity index (χ1) is 9.00. The standard InChI is InChI=1S/C13H21ClN4O/c1-17(2)6-7-18-11(10(14)8-16-18)12(19)13(9-15)4-3-5-13/h8H,3-7,9,15H2,1-2H3. The quantitative estimate of drug-likeness (QED) is 0.802. The number of ketones is 1. The number of nitrogens with zero attached hydrogens (tertiary/aromatic N) is 3. The Morgan fingerprint density at radius 3 is 2.74 bits per heavy atom.